The van der Waals surface area contributed by atoms with E-state index >= 15 is 0 Å². The number of hydrogen-bond donors (Lipinski definition) is 1. The van der Waals surface area contributed by atoms with Crippen molar-refractivity contribution in [3.05, 3.63) is 0 Å². The van der Waals surface area contributed by atoms with E-state index < -0.39 is 0 Å². The zero-order valence-electron chi connectivity index (χ0n) is 10.2. The standard InChI is InChI=1S/C12H26N2/c1-5-12(2,3)14(4)9-10-7-6-8-11(10)13/h10-11H,5-9,13H2,1-4H3. The molecule has 2 atom stereocenters. The van der Waals surface area contributed by atoms with Crippen LogP contribution in [0.3, 0.4) is 0 Å². The first-order valence-corrected chi connectivity index (χ1v) is 5.94. The summed E-state index contributed by atoms with van der Waals surface area (Å²) in [6.07, 6.45) is 5.08. The molecule has 2 heteroatoms. The molecule has 2 N–H and O–H groups in total. The molecule has 0 amide bonds. The Morgan fingerprint density at radius 1 is 1.36 bits per heavy atom. The van der Waals surface area contributed by atoms with Crippen molar-refractivity contribution in [3.63, 3.8) is 0 Å². The highest BCUT2D eigenvalue weighted by Gasteiger charge is 2.29. The van der Waals surface area contributed by atoms with Gasteiger partial charge in [-0.1, -0.05) is 13.3 Å². The molecule has 0 bridgehead atoms. The summed E-state index contributed by atoms with van der Waals surface area (Å²) >= 11 is 0. The Morgan fingerprint density at radius 2 is 2.00 bits per heavy atom. The molecule has 0 aliphatic heterocycles. The van der Waals surface area contributed by atoms with Gasteiger partial charge in [0.05, 0.1) is 0 Å². The van der Waals surface area contributed by atoms with Crippen LogP contribution in [0.25, 0.3) is 0 Å². The highest BCUT2D eigenvalue weighted by molar-refractivity contribution is 4.86. The summed E-state index contributed by atoms with van der Waals surface area (Å²) in [7, 11) is 2.23. The summed E-state index contributed by atoms with van der Waals surface area (Å²) in [6, 6.07) is 0.449. The van der Waals surface area contributed by atoms with Crippen LogP contribution < -0.4 is 5.73 Å². The number of rotatable bonds is 4. The molecule has 1 aliphatic rings. The first kappa shape index (κ1) is 12.0. The van der Waals surface area contributed by atoms with E-state index in [0.717, 1.165) is 5.92 Å². The quantitative estimate of drug-likeness (QED) is 0.750. The lowest BCUT2D eigenvalue weighted by Crippen LogP contribution is -2.45. The highest BCUT2D eigenvalue weighted by atomic mass is 15.2. The lowest BCUT2D eigenvalue weighted by atomic mass is 9.96. The van der Waals surface area contributed by atoms with Crippen molar-refractivity contribution in [3.8, 4) is 0 Å². The Labute approximate surface area is 88.8 Å². The van der Waals surface area contributed by atoms with E-state index in [4.69, 9.17) is 5.73 Å². The molecule has 0 saturated heterocycles. The Balaban J connectivity index is 2.43. The van der Waals surface area contributed by atoms with Crippen molar-refractivity contribution in [1.82, 2.24) is 4.90 Å². The summed E-state index contributed by atoms with van der Waals surface area (Å²) in [6.45, 7) is 8.05. The predicted molar refractivity (Wildman–Crippen MR) is 62.3 cm³/mol. The normalized spacial score (nSPS) is 28.7. The number of nitrogens with zero attached hydrogens (tertiary/aromatic N) is 1. The van der Waals surface area contributed by atoms with Gasteiger partial charge in [-0.25, -0.2) is 0 Å². The van der Waals surface area contributed by atoms with Crippen LogP contribution >= 0.6 is 0 Å². The van der Waals surface area contributed by atoms with Crippen molar-refractivity contribution in [2.24, 2.45) is 11.7 Å². The molecular weight excluding hydrogens is 172 g/mol. The minimum atomic E-state index is 0.322. The van der Waals surface area contributed by atoms with Crippen molar-refractivity contribution < 1.29 is 0 Å². The smallest absolute Gasteiger partial charge is 0.0147 e. The zero-order valence-corrected chi connectivity index (χ0v) is 10.2. The maximum atomic E-state index is 6.09. The first-order chi connectivity index (χ1) is 6.47. The molecule has 1 aliphatic carbocycles. The van der Waals surface area contributed by atoms with Gasteiger partial charge in [0.1, 0.15) is 0 Å². The number of nitrogens with two attached hydrogens (primary N) is 1. The largest absolute Gasteiger partial charge is 0.327 e. The van der Waals surface area contributed by atoms with Gasteiger partial charge in [0, 0.05) is 18.1 Å². The second kappa shape index (κ2) is 4.63. The fraction of sp³-hybridized carbons (Fsp3) is 1.00. The average Bonchev–Trinajstić information content (AvgIpc) is 2.52. The van der Waals surface area contributed by atoms with Gasteiger partial charge in [-0.3, -0.25) is 0 Å². The SMILES string of the molecule is CCC(C)(C)N(C)CC1CCCC1N. The van der Waals surface area contributed by atoms with Gasteiger partial charge in [-0.15, -0.1) is 0 Å². The van der Waals surface area contributed by atoms with Crippen LogP contribution in [0, 0.1) is 5.92 Å². The van der Waals surface area contributed by atoms with E-state index in [1.807, 2.05) is 0 Å². The van der Waals surface area contributed by atoms with Gasteiger partial charge in [-0.05, 0) is 46.1 Å². The lowest BCUT2D eigenvalue weighted by molar-refractivity contribution is 0.125. The summed E-state index contributed by atoms with van der Waals surface area (Å²) in [5.74, 6) is 0.728. The maximum absolute atomic E-state index is 6.09. The van der Waals surface area contributed by atoms with E-state index in [0.29, 0.717) is 11.6 Å². The molecule has 0 aromatic carbocycles. The highest BCUT2D eigenvalue weighted by Crippen LogP contribution is 2.27. The Morgan fingerprint density at radius 3 is 2.43 bits per heavy atom. The van der Waals surface area contributed by atoms with E-state index in [1.54, 1.807) is 0 Å². The van der Waals surface area contributed by atoms with E-state index in [-0.39, 0.29) is 0 Å². The third kappa shape index (κ3) is 2.71. The molecule has 0 aromatic rings. The maximum Gasteiger partial charge on any atom is 0.0147 e. The molecule has 1 fully saturated rings. The van der Waals surface area contributed by atoms with Crippen molar-refractivity contribution in [1.29, 1.82) is 0 Å². The molecular formula is C12H26N2. The van der Waals surface area contributed by atoms with Crippen LogP contribution in [0.4, 0.5) is 0 Å². The van der Waals surface area contributed by atoms with Gasteiger partial charge in [0.15, 0.2) is 0 Å². The van der Waals surface area contributed by atoms with Crippen molar-refractivity contribution in [2.75, 3.05) is 13.6 Å². The minimum absolute atomic E-state index is 0.322. The van der Waals surface area contributed by atoms with Crippen LogP contribution in [0.1, 0.15) is 46.5 Å². The minimum Gasteiger partial charge on any atom is -0.327 e. The third-order valence-corrected chi connectivity index (χ3v) is 4.12. The summed E-state index contributed by atoms with van der Waals surface area (Å²) in [5.41, 5.74) is 6.41. The predicted octanol–water partition coefficient (Wildman–Crippen LogP) is 2.23. The van der Waals surface area contributed by atoms with Gasteiger partial charge >= 0.3 is 0 Å². The van der Waals surface area contributed by atoms with Gasteiger partial charge in [0.2, 0.25) is 0 Å². The third-order valence-electron chi connectivity index (χ3n) is 4.12. The summed E-state index contributed by atoms with van der Waals surface area (Å²) in [4.78, 5) is 2.48. The van der Waals surface area contributed by atoms with Crippen molar-refractivity contribution in [2.45, 2.75) is 58.0 Å². The zero-order chi connectivity index (χ0) is 10.8. The monoisotopic (exact) mass is 198 g/mol. The van der Waals surface area contributed by atoms with Crippen LogP contribution in [0.15, 0.2) is 0 Å². The van der Waals surface area contributed by atoms with Crippen molar-refractivity contribution >= 4 is 0 Å². The molecule has 0 spiro atoms. The molecule has 14 heavy (non-hydrogen) atoms. The van der Waals surface area contributed by atoms with Gasteiger partial charge in [0.25, 0.3) is 0 Å². The van der Waals surface area contributed by atoms with E-state index in [1.165, 1.54) is 32.2 Å². The molecule has 0 radical (unpaired) electrons. The summed E-state index contributed by atoms with van der Waals surface area (Å²) in [5, 5.41) is 0. The van der Waals surface area contributed by atoms with Gasteiger partial charge < -0.3 is 10.6 Å². The fourth-order valence-corrected chi connectivity index (χ4v) is 2.16. The number of hydrogen-bond acceptors (Lipinski definition) is 2. The molecule has 0 heterocycles. The topological polar surface area (TPSA) is 29.3 Å². The molecule has 1 saturated carbocycles. The Hall–Kier alpha value is -0.0800. The molecule has 0 aromatic heterocycles. The average molecular weight is 198 g/mol. The molecule has 84 valence electrons. The van der Waals surface area contributed by atoms with E-state index in [9.17, 15) is 0 Å². The Kier molecular flexibility index (Phi) is 3.96. The fourth-order valence-electron chi connectivity index (χ4n) is 2.16. The Bertz CT molecular complexity index is 177. The second-order valence-electron chi connectivity index (χ2n) is 5.40. The van der Waals surface area contributed by atoms with Crippen LogP contribution in [0.2, 0.25) is 0 Å². The molecule has 1 rings (SSSR count). The van der Waals surface area contributed by atoms with Crippen LogP contribution in [0.5, 0.6) is 0 Å². The molecule has 2 unspecified atom stereocenters. The first-order valence-electron chi connectivity index (χ1n) is 5.94. The lowest BCUT2D eigenvalue weighted by Gasteiger charge is -2.37. The van der Waals surface area contributed by atoms with Gasteiger partial charge in [-0.2, -0.15) is 0 Å². The second-order valence-corrected chi connectivity index (χ2v) is 5.40. The van der Waals surface area contributed by atoms with Crippen LogP contribution in [-0.2, 0) is 0 Å². The molecule has 2 nitrogen and oxygen atoms in total. The van der Waals surface area contributed by atoms with Crippen LogP contribution in [-0.4, -0.2) is 30.1 Å². The van der Waals surface area contributed by atoms with E-state index in [2.05, 4.69) is 32.7 Å². The summed E-state index contributed by atoms with van der Waals surface area (Å²) < 4.78 is 0.